The lowest BCUT2D eigenvalue weighted by molar-refractivity contribution is -0.123. The number of hydrogen-bond acceptors (Lipinski definition) is 3. The number of fused-ring (bicyclic) bond motifs is 5. The first-order valence-corrected chi connectivity index (χ1v) is 10.3. The number of aryl methyl sites for hydroxylation is 1. The van der Waals surface area contributed by atoms with E-state index >= 15 is 0 Å². The van der Waals surface area contributed by atoms with Crippen LogP contribution in [0.4, 0.5) is 11.4 Å². The van der Waals surface area contributed by atoms with Crippen molar-refractivity contribution in [1.82, 2.24) is 0 Å². The average molecular weight is 388 g/mol. The summed E-state index contributed by atoms with van der Waals surface area (Å²) in [6.45, 7) is 3.95. The van der Waals surface area contributed by atoms with E-state index in [1.165, 1.54) is 4.90 Å². The van der Waals surface area contributed by atoms with Crippen molar-refractivity contribution in [3.05, 3.63) is 59.2 Å². The van der Waals surface area contributed by atoms with Crippen molar-refractivity contribution in [3.8, 4) is 0 Å². The Bertz CT molecular complexity index is 1020. The molecule has 0 unspecified atom stereocenters. The number of nitrogens with zero attached hydrogens (tertiary/aromatic N) is 1. The van der Waals surface area contributed by atoms with Gasteiger partial charge in [0, 0.05) is 5.69 Å². The molecule has 2 aromatic rings. The van der Waals surface area contributed by atoms with Crippen LogP contribution in [0.15, 0.2) is 42.5 Å². The highest BCUT2D eigenvalue weighted by Crippen LogP contribution is 2.56. The molecular weight excluding hydrogens is 364 g/mol. The molecule has 1 heterocycles. The van der Waals surface area contributed by atoms with Crippen molar-refractivity contribution in [2.45, 2.75) is 33.1 Å². The van der Waals surface area contributed by atoms with Crippen LogP contribution in [0.25, 0.3) is 0 Å². The lowest BCUT2D eigenvalue weighted by Crippen LogP contribution is -2.34. The fourth-order valence-corrected chi connectivity index (χ4v) is 5.58. The van der Waals surface area contributed by atoms with Gasteiger partial charge in [0.1, 0.15) is 0 Å². The molecule has 0 aromatic heterocycles. The van der Waals surface area contributed by atoms with E-state index in [4.69, 9.17) is 0 Å². The van der Waals surface area contributed by atoms with E-state index in [2.05, 4.69) is 5.32 Å². The highest BCUT2D eigenvalue weighted by Gasteiger charge is 2.61. The number of carbonyl (C=O) groups is 3. The molecule has 3 fully saturated rings. The van der Waals surface area contributed by atoms with Gasteiger partial charge in [-0.25, -0.2) is 4.90 Å². The van der Waals surface area contributed by atoms with Crippen LogP contribution >= 0.6 is 0 Å². The monoisotopic (exact) mass is 388 g/mol. The SMILES string of the molecule is Cc1cccc(NC(=O)c2ccccc2N2C(=O)[C@H]3[C@@H]4CC[C@@H](C4)[C@@H]3C2=O)c1C. The third-order valence-electron chi connectivity index (χ3n) is 7.17. The molecule has 4 atom stereocenters. The molecule has 0 radical (unpaired) electrons. The number of imide groups is 1. The Morgan fingerprint density at radius 1 is 0.931 bits per heavy atom. The Labute approximate surface area is 170 Å². The molecular formula is C24H24N2O3. The first kappa shape index (κ1) is 18.1. The second-order valence-corrected chi connectivity index (χ2v) is 8.62. The Morgan fingerprint density at radius 3 is 2.28 bits per heavy atom. The number of para-hydroxylation sites is 1. The smallest absolute Gasteiger partial charge is 0.257 e. The molecule has 2 saturated carbocycles. The molecule has 5 nitrogen and oxygen atoms in total. The maximum atomic E-state index is 13.2. The molecule has 5 heteroatoms. The summed E-state index contributed by atoms with van der Waals surface area (Å²) in [7, 11) is 0. The molecule has 3 aliphatic rings. The standard InChI is InChI=1S/C24H24N2O3/c1-13-6-5-8-18(14(13)2)25-22(27)17-7-3-4-9-19(17)26-23(28)20-15-10-11-16(12-15)21(20)24(26)29/h3-9,15-16,20-21H,10-12H2,1-2H3,(H,25,27)/t15-,16+,20-,21-/m0/s1. The summed E-state index contributed by atoms with van der Waals surface area (Å²) in [4.78, 5) is 40.8. The van der Waals surface area contributed by atoms with Crippen molar-refractivity contribution < 1.29 is 14.4 Å². The van der Waals surface area contributed by atoms with Gasteiger partial charge < -0.3 is 5.32 Å². The van der Waals surface area contributed by atoms with Crippen LogP contribution < -0.4 is 10.2 Å². The molecule has 1 N–H and O–H groups in total. The quantitative estimate of drug-likeness (QED) is 0.806. The molecule has 1 aliphatic heterocycles. The number of anilines is 2. The predicted octanol–water partition coefficient (Wildman–Crippen LogP) is 4.09. The largest absolute Gasteiger partial charge is 0.322 e. The van der Waals surface area contributed by atoms with Gasteiger partial charge in [-0.3, -0.25) is 14.4 Å². The Hall–Kier alpha value is -2.95. The highest BCUT2D eigenvalue weighted by molar-refractivity contribution is 6.25. The maximum Gasteiger partial charge on any atom is 0.257 e. The lowest BCUT2D eigenvalue weighted by Gasteiger charge is -2.20. The zero-order valence-electron chi connectivity index (χ0n) is 16.6. The van der Waals surface area contributed by atoms with Crippen LogP contribution in [0, 0.1) is 37.5 Å². The Balaban J connectivity index is 1.49. The summed E-state index contributed by atoms with van der Waals surface area (Å²) >= 11 is 0. The summed E-state index contributed by atoms with van der Waals surface area (Å²) in [5.74, 6) is -0.314. The van der Waals surface area contributed by atoms with Crippen LogP contribution in [-0.4, -0.2) is 17.7 Å². The van der Waals surface area contributed by atoms with E-state index in [9.17, 15) is 14.4 Å². The van der Waals surface area contributed by atoms with Gasteiger partial charge in [-0.05, 0) is 74.3 Å². The predicted molar refractivity (Wildman–Crippen MR) is 111 cm³/mol. The zero-order chi connectivity index (χ0) is 20.3. The van der Waals surface area contributed by atoms with E-state index in [0.29, 0.717) is 23.1 Å². The molecule has 2 bridgehead atoms. The number of carbonyl (C=O) groups excluding carboxylic acids is 3. The molecule has 2 aliphatic carbocycles. The zero-order valence-corrected chi connectivity index (χ0v) is 16.6. The average Bonchev–Trinajstić information content (AvgIpc) is 3.39. The Kier molecular flexibility index (Phi) is 4.09. The summed E-state index contributed by atoms with van der Waals surface area (Å²) in [5.41, 5.74) is 3.57. The normalized spacial score (nSPS) is 27.4. The molecule has 3 amide bonds. The third kappa shape index (κ3) is 2.64. The number of benzene rings is 2. The Morgan fingerprint density at radius 2 is 1.59 bits per heavy atom. The van der Waals surface area contributed by atoms with Crippen molar-refractivity contribution >= 4 is 29.1 Å². The molecule has 0 spiro atoms. The van der Waals surface area contributed by atoms with Crippen LogP contribution in [0.1, 0.15) is 40.7 Å². The summed E-state index contributed by atoms with van der Waals surface area (Å²) in [6, 6.07) is 12.7. The first-order valence-electron chi connectivity index (χ1n) is 10.3. The van der Waals surface area contributed by atoms with Gasteiger partial charge in [-0.2, -0.15) is 0 Å². The van der Waals surface area contributed by atoms with Crippen molar-refractivity contribution in [2.75, 3.05) is 10.2 Å². The van der Waals surface area contributed by atoms with Crippen molar-refractivity contribution in [1.29, 1.82) is 0 Å². The topological polar surface area (TPSA) is 66.5 Å². The minimum Gasteiger partial charge on any atom is -0.322 e. The van der Waals surface area contributed by atoms with Gasteiger partial charge in [0.15, 0.2) is 0 Å². The minimum atomic E-state index is -0.310. The lowest BCUT2D eigenvalue weighted by atomic mass is 9.81. The van der Waals surface area contributed by atoms with E-state index in [1.807, 2.05) is 32.0 Å². The first-order chi connectivity index (χ1) is 14.0. The van der Waals surface area contributed by atoms with Gasteiger partial charge in [0.05, 0.1) is 23.1 Å². The maximum absolute atomic E-state index is 13.2. The van der Waals surface area contributed by atoms with Gasteiger partial charge in [0.25, 0.3) is 5.91 Å². The molecule has 148 valence electrons. The second kappa shape index (κ2) is 6.55. The fraction of sp³-hybridized carbons (Fsp3) is 0.375. The highest BCUT2D eigenvalue weighted by atomic mass is 16.2. The third-order valence-corrected chi connectivity index (χ3v) is 7.17. The molecule has 2 aromatic carbocycles. The van der Waals surface area contributed by atoms with Crippen LogP contribution in [0.3, 0.4) is 0 Å². The molecule has 29 heavy (non-hydrogen) atoms. The summed E-state index contributed by atoms with van der Waals surface area (Å²) in [6.07, 6.45) is 3.07. The van der Waals surface area contributed by atoms with E-state index in [1.54, 1.807) is 24.3 Å². The van der Waals surface area contributed by atoms with Gasteiger partial charge >= 0.3 is 0 Å². The van der Waals surface area contributed by atoms with Crippen LogP contribution in [0.5, 0.6) is 0 Å². The summed E-state index contributed by atoms with van der Waals surface area (Å²) < 4.78 is 0. The van der Waals surface area contributed by atoms with Crippen LogP contribution in [-0.2, 0) is 9.59 Å². The molecule has 5 rings (SSSR count). The molecule has 1 saturated heterocycles. The van der Waals surface area contributed by atoms with Gasteiger partial charge in [0.2, 0.25) is 11.8 Å². The number of nitrogens with one attached hydrogen (secondary N) is 1. The van der Waals surface area contributed by atoms with E-state index in [0.717, 1.165) is 36.1 Å². The van der Waals surface area contributed by atoms with Crippen molar-refractivity contribution in [2.24, 2.45) is 23.7 Å². The minimum absolute atomic E-state index is 0.126. The fourth-order valence-electron chi connectivity index (χ4n) is 5.58. The van der Waals surface area contributed by atoms with E-state index < -0.39 is 0 Å². The number of amides is 3. The number of rotatable bonds is 3. The van der Waals surface area contributed by atoms with E-state index in [-0.39, 0.29) is 29.6 Å². The number of hydrogen-bond donors (Lipinski definition) is 1. The van der Waals surface area contributed by atoms with Gasteiger partial charge in [-0.1, -0.05) is 24.3 Å². The van der Waals surface area contributed by atoms with Crippen molar-refractivity contribution in [3.63, 3.8) is 0 Å². The van der Waals surface area contributed by atoms with Gasteiger partial charge in [-0.15, -0.1) is 0 Å². The second-order valence-electron chi connectivity index (χ2n) is 8.62. The van der Waals surface area contributed by atoms with Crippen LogP contribution in [0.2, 0.25) is 0 Å². The summed E-state index contributed by atoms with van der Waals surface area (Å²) in [5, 5.41) is 2.95.